The summed E-state index contributed by atoms with van der Waals surface area (Å²) in [5.74, 6) is 0.156. The minimum absolute atomic E-state index is 0.156. The molecule has 1 fully saturated rings. The van der Waals surface area contributed by atoms with Crippen molar-refractivity contribution >= 4 is 11.6 Å². The second-order valence-corrected chi connectivity index (χ2v) is 3.50. The van der Waals surface area contributed by atoms with Gasteiger partial charge in [-0.05, 0) is 18.6 Å². The average molecular weight is 190 g/mol. The number of hydrogen-bond donors (Lipinski definition) is 1. The van der Waals surface area contributed by atoms with Gasteiger partial charge in [0.25, 0.3) is 0 Å². The van der Waals surface area contributed by atoms with Crippen LogP contribution in [0.3, 0.4) is 0 Å². The number of nitrogens with zero attached hydrogens (tertiary/aromatic N) is 1. The van der Waals surface area contributed by atoms with E-state index >= 15 is 0 Å². The van der Waals surface area contributed by atoms with Crippen LogP contribution in [0, 0.1) is 0 Å². The van der Waals surface area contributed by atoms with Gasteiger partial charge in [0.05, 0.1) is 5.69 Å². The summed E-state index contributed by atoms with van der Waals surface area (Å²) in [4.78, 5) is 11.6. The molecule has 1 aliphatic rings. The first-order valence-corrected chi connectivity index (χ1v) is 4.95. The number of benzene rings is 1. The van der Waals surface area contributed by atoms with Crippen LogP contribution in [0.2, 0.25) is 0 Å². The fraction of sp³-hybridized carbons (Fsp3) is 0.364. The second-order valence-electron chi connectivity index (χ2n) is 3.50. The molecule has 2 rings (SSSR count). The van der Waals surface area contributed by atoms with Gasteiger partial charge in [-0.3, -0.25) is 4.79 Å². The summed E-state index contributed by atoms with van der Waals surface area (Å²) < 4.78 is 0. The number of amides is 1. The van der Waals surface area contributed by atoms with Gasteiger partial charge in [-0.1, -0.05) is 25.1 Å². The maximum absolute atomic E-state index is 11.6. The highest BCUT2D eigenvalue weighted by Gasteiger charge is 2.28. The van der Waals surface area contributed by atoms with Gasteiger partial charge in [-0.25, -0.2) is 10.4 Å². The Hall–Kier alpha value is -1.35. The third-order valence-electron chi connectivity index (χ3n) is 2.49. The minimum Gasteiger partial charge on any atom is -0.273 e. The molecule has 74 valence electrons. The van der Waals surface area contributed by atoms with E-state index < -0.39 is 0 Å². The number of nitrogens with one attached hydrogen (secondary N) is 1. The van der Waals surface area contributed by atoms with Gasteiger partial charge in [0.15, 0.2) is 0 Å². The van der Waals surface area contributed by atoms with Gasteiger partial charge in [-0.2, -0.15) is 0 Å². The number of para-hydroxylation sites is 1. The van der Waals surface area contributed by atoms with Crippen LogP contribution in [0.1, 0.15) is 19.8 Å². The maximum atomic E-state index is 11.6. The van der Waals surface area contributed by atoms with E-state index in [4.69, 9.17) is 0 Å². The normalized spacial score (nSPS) is 21.6. The molecule has 1 N–H and O–H groups in total. The quantitative estimate of drug-likeness (QED) is 0.770. The van der Waals surface area contributed by atoms with Gasteiger partial charge in [0, 0.05) is 12.5 Å². The number of hydrazine groups is 1. The molecule has 1 aromatic rings. The highest BCUT2D eigenvalue weighted by atomic mass is 16.2. The van der Waals surface area contributed by atoms with Crippen molar-refractivity contribution in [3.8, 4) is 0 Å². The van der Waals surface area contributed by atoms with Gasteiger partial charge in [-0.15, -0.1) is 0 Å². The Morgan fingerprint density at radius 3 is 2.71 bits per heavy atom. The van der Waals surface area contributed by atoms with Gasteiger partial charge in [0.1, 0.15) is 0 Å². The number of carbonyl (C=O) groups is 1. The first-order chi connectivity index (χ1) is 6.81. The molecule has 1 heterocycles. The molecular formula is C11H14N2O. The van der Waals surface area contributed by atoms with Crippen LogP contribution in [0.15, 0.2) is 30.3 Å². The Bertz CT molecular complexity index is 323. The molecule has 1 aliphatic heterocycles. The van der Waals surface area contributed by atoms with Crippen LogP contribution < -0.4 is 10.4 Å². The van der Waals surface area contributed by atoms with E-state index in [-0.39, 0.29) is 5.91 Å². The Morgan fingerprint density at radius 1 is 1.43 bits per heavy atom. The Morgan fingerprint density at radius 2 is 2.14 bits per heavy atom. The lowest BCUT2D eigenvalue weighted by Gasteiger charge is -2.17. The molecule has 0 aliphatic carbocycles. The third-order valence-corrected chi connectivity index (χ3v) is 2.49. The molecule has 14 heavy (non-hydrogen) atoms. The van der Waals surface area contributed by atoms with Gasteiger partial charge < -0.3 is 0 Å². The third kappa shape index (κ3) is 1.63. The lowest BCUT2D eigenvalue weighted by molar-refractivity contribution is -0.117. The van der Waals surface area contributed by atoms with Crippen LogP contribution in [0.5, 0.6) is 0 Å². The molecule has 0 bridgehead atoms. The standard InChI is InChI=1S/C11H14N2O/c1-2-9-8-11(14)13(12-9)10-6-4-3-5-7-10/h3-7,9,12H,2,8H2,1H3. The largest absolute Gasteiger partial charge is 0.273 e. The van der Waals surface area contributed by atoms with Crippen LogP contribution >= 0.6 is 0 Å². The Labute approximate surface area is 83.7 Å². The predicted molar refractivity (Wildman–Crippen MR) is 55.8 cm³/mol. The maximum Gasteiger partial charge on any atom is 0.243 e. The topological polar surface area (TPSA) is 32.3 Å². The molecule has 1 unspecified atom stereocenters. The van der Waals surface area contributed by atoms with Crippen molar-refractivity contribution in [3.63, 3.8) is 0 Å². The zero-order valence-electron chi connectivity index (χ0n) is 8.23. The molecule has 1 amide bonds. The predicted octanol–water partition coefficient (Wildman–Crippen LogP) is 1.71. The van der Waals surface area contributed by atoms with Crippen molar-refractivity contribution in [3.05, 3.63) is 30.3 Å². The van der Waals surface area contributed by atoms with Crippen molar-refractivity contribution in [1.29, 1.82) is 0 Å². The Kier molecular flexibility index (Phi) is 2.50. The van der Waals surface area contributed by atoms with Crippen molar-refractivity contribution < 1.29 is 4.79 Å². The molecule has 1 saturated heterocycles. The Balaban J connectivity index is 2.17. The number of anilines is 1. The molecule has 0 spiro atoms. The summed E-state index contributed by atoms with van der Waals surface area (Å²) in [6.07, 6.45) is 1.58. The number of rotatable bonds is 2. The molecule has 1 atom stereocenters. The van der Waals surface area contributed by atoms with E-state index in [0.717, 1.165) is 12.1 Å². The van der Waals surface area contributed by atoms with E-state index in [1.807, 2.05) is 30.3 Å². The number of hydrogen-bond acceptors (Lipinski definition) is 2. The smallest absolute Gasteiger partial charge is 0.243 e. The van der Waals surface area contributed by atoms with Gasteiger partial charge in [0.2, 0.25) is 5.91 Å². The molecule has 1 aromatic carbocycles. The fourth-order valence-electron chi connectivity index (χ4n) is 1.63. The average Bonchev–Trinajstić information content (AvgIpc) is 2.61. The van der Waals surface area contributed by atoms with Crippen LogP contribution in [0.25, 0.3) is 0 Å². The fourth-order valence-corrected chi connectivity index (χ4v) is 1.63. The van der Waals surface area contributed by atoms with E-state index in [1.54, 1.807) is 5.01 Å². The summed E-state index contributed by atoms with van der Waals surface area (Å²) in [6.45, 7) is 2.08. The lowest BCUT2D eigenvalue weighted by atomic mass is 10.2. The van der Waals surface area contributed by atoms with E-state index in [9.17, 15) is 4.79 Å². The zero-order valence-corrected chi connectivity index (χ0v) is 8.23. The molecule has 0 saturated carbocycles. The van der Waals surface area contributed by atoms with Crippen LogP contribution in [0.4, 0.5) is 5.69 Å². The van der Waals surface area contributed by atoms with Crippen molar-refractivity contribution in [2.45, 2.75) is 25.8 Å². The highest BCUT2D eigenvalue weighted by Crippen LogP contribution is 2.19. The SMILES string of the molecule is CCC1CC(=O)N(c2ccccc2)N1. The van der Waals surface area contributed by atoms with Gasteiger partial charge >= 0.3 is 0 Å². The molecule has 3 nitrogen and oxygen atoms in total. The van der Waals surface area contributed by atoms with Crippen LogP contribution in [-0.2, 0) is 4.79 Å². The summed E-state index contributed by atoms with van der Waals surface area (Å²) in [7, 11) is 0. The van der Waals surface area contributed by atoms with E-state index in [1.165, 1.54) is 0 Å². The first-order valence-electron chi connectivity index (χ1n) is 4.95. The van der Waals surface area contributed by atoms with E-state index in [2.05, 4.69) is 12.3 Å². The highest BCUT2D eigenvalue weighted by molar-refractivity contribution is 5.94. The molecular weight excluding hydrogens is 176 g/mol. The van der Waals surface area contributed by atoms with Crippen molar-refractivity contribution in [2.75, 3.05) is 5.01 Å². The first kappa shape index (κ1) is 9.21. The summed E-state index contributed by atoms with van der Waals surface area (Å²) in [5, 5.41) is 1.65. The van der Waals surface area contributed by atoms with Crippen molar-refractivity contribution in [2.24, 2.45) is 0 Å². The summed E-state index contributed by atoms with van der Waals surface area (Å²) in [6, 6.07) is 9.98. The summed E-state index contributed by atoms with van der Waals surface area (Å²) in [5.41, 5.74) is 4.11. The van der Waals surface area contributed by atoms with Crippen molar-refractivity contribution in [1.82, 2.24) is 5.43 Å². The molecule has 0 radical (unpaired) electrons. The molecule has 0 aromatic heterocycles. The lowest BCUT2D eigenvalue weighted by Crippen LogP contribution is -2.37. The van der Waals surface area contributed by atoms with Crippen LogP contribution in [-0.4, -0.2) is 11.9 Å². The zero-order chi connectivity index (χ0) is 9.97. The summed E-state index contributed by atoms with van der Waals surface area (Å²) >= 11 is 0. The van der Waals surface area contributed by atoms with E-state index in [0.29, 0.717) is 12.5 Å². The number of carbonyl (C=O) groups excluding carboxylic acids is 1. The molecule has 3 heteroatoms. The monoisotopic (exact) mass is 190 g/mol. The minimum atomic E-state index is 0.156. The second kappa shape index (κ2) is 3.80.